The van der Waals surface area contributed by atoms with Crippen LogP contribution in [-0.4, -0.2) is 76.1 Å². The van der Waals surface area contributed by atoms with Crippen molar-refractivity contribution in [2.45, 2.75) is 25.9 Å². The van der Waals surface area contributed by atoms with Gasteiger partial charge in [-0.05, 0) is 50.7 Å². The van der Waals surface area contributed by atoms with Crippen LogP contribution in [0, 0.1) is 0 Å². The molecule has 0 aromatic carbocycles. The summed E-state index contributed by atoms with van der Waals surface area (Å²) in [5, 5.41) is 0. The first-order valence-corrected chi connectivity index (χ1v) is 10.8. The number of pyridine rings is 2. The molecule has 3 aromatic rings. The minimum atomic E-state index is 0.726. The molecule has 0 unspecified atom stereocenters. The fraction of sp³-hybridized carbons (Fsp3) is 0.500. The summed E-state index contributed by atoms with van der Waals surface area (Å²) in [5.74, 6) is 0.954. The van der Waals surface area contributed by atoms with E-state index in [2.05, 4.69) is 48.8 Å². The summed E-state index contributed by atoms with van der Waals surface area (Å²) in [6.07, 6.45) is 7.71. The summed E-state index contributed by atoms with van der Waals surface area (Å²) in [5.41, 5.74) is 9.95. The molecule has 0 bridgehead atoms. The molecule has 0 radical (unpaired) electrons. The molecular formula is C22H32N8. The Morgan fingerprint density at radius 3 is 2.73 bits per heavy atom. The van der Waals surface area contributed by atoms with Gasteiger partial charge in [0.15, 0.2) is 5.65 Å². The van der Waals surface area contributed by atoms with Crippen LogP contribution in [-0.2, 0) is 13.1 Å². The lowest BCUT2D eigenvalue weighted by Crippen LogP contribution is -2.44. The van der Waals surface area contributed by atoms with Gasteiger partial charge in [0.05, 0.1) is 12.2 Å². The topological polar surface area (TPSA) is 90.2 Å². The highest BCUT2D eigenvalue weighted by atomic mass is 15.3. The number of H-pyrrole nitrogens is 1. The molecule has 0 atom stereocenters. The predicted molar refractivity (Wildman–Crippen MR) is 120 cm³/mol. The normalized spacial score (nSPS) is 15.4. The first kappa shape index (κ1) is 20.7. The van der Waals surface area contributed by atoms with Crippen LogP contribution >= 0.6 is 0 Å². The van der Waals surface area contributed by atoms with E-state index in [1.807, 2.05) is 24.7 Å². The maximum Gasteiger partial charge on any atom is 0.179 e. The number of aromatic amines is 1. The van der Waals surface area contributed by atoms with Crippen molar-refractivity contribution in [2.24, 2.45) is 5.73 Å². The second-order valence-electron chi connectivity index (χ2n) is 8.07. The van der Waals surface area contributed by atoms with E-state index in [9.17, 15) is 0 Å². The van der Waals surface area contributed by atoms with Gasteiger partial charge in [-0.1, -0.05) is 6.07 Å². The van der Waals surface area contributed by atoms with Gasteiger partial charge >= 0.3 is 0 Å². The van der Waals surface area contributed by atoms with E-state index in [0.29, 0.717) is 0 Å². The molecule has 1 aliphatic rings. The molecular weight excluding hydrogens is 376 g/mol. The minimum Gasteiger partial charge on any atom is -0.367 e. The highest BCUT2D eigenvalue weighted by Gasteiger charge is 2.19. The van der Waals surface area contributed by atoms with Crippen LogP contribution in [0.2, 0.25) is 0 Å². The minimum absolute atomic E-state index is 0.726. The Morgan fingerprint density at radius 2 is 1.97 bits per heavy atom. The first-order chi connectivity index (χ1) is 14.7. The zero-order valence-electron chi connectivity index (χ0n) is 17.8. The highest BCUT2D eigenvalue weighted by Crippen LogP contribution is 2.25. The molecule has 1 aliphatic heterocycles. The van der Waals surface area contributed by atoms with E-state index in [0.717, 1.165) is 82.2 Å². The van der Waals surface area contributed by atoms with Crippen LogP contribution in [0.15, 0.2) is 36.8 Å². The number of nitrogens with one attached hydrogen (secondary N) is 1. The van der Waals surface area contributed by atoms with Crippen molar-refractivity contribution < 1.29 is 0 Å². The van der Waals surface area contributed by atoms with Crippen LogP contribution in [0.3, 0.4) is 0 Å². The third-order valence-corrected chi connectivity index (χ3v) is 5.69. The average Bonchev–Trinajstić information content (AvgIpc) is 3.18. The lowest BCUT2D eigenvalue weighted by atomic mass is 10.2. The van der Waals surface area contributed by atoms with Gasteiger partial charge in [-0.15, -0.1) is 0 Å². The number of aromatic nitrogens is 4. The Bertz CT molecular complexity index is 917. The van der Waals surface area contributed by atoms with Gasteiger partial charge in [0.2, 0.25) is 0 Å². The number of hydrogen-bond acceptors (Lipinski definition) is 7. The number of piperazine rings is 1. The maximum atomic E-state index is 5.70. The van der Waals surface area contributed by atoms with Crippen molar-refractivity contribution in [1.29, 1.82) is 0 Å². The fourth-order valence-corrected chi connectivity index (χ4v) is 3.99. The lowest BCUT2D eigenvalue weighted by Gasteiger charge is -2.34. The number of rotatable bonds is 9. The Labute approximate surface area is 178 Å². The molecule has 0 spiro atoms. The predicted octanol–water partition coefficient (Wildman–Crippen LogP) is 1.85. The fourth-order valence-electron chi connectivity index (χ4n) is 3.99. The maximum absolute atomic E-state index is 5.70. The largest absolute Gasteiger partial charge is 0.367 e. The van der Waals surface area contributed by atoms with Crippen LogP contribution in [0.4, 0.5) is 5.69 Å². The molecule has 3 aromatic heterocycles. The van der Waals surface area contributed by atoms with Crippen LogP contribution in [0.1, 0.15) is 24.2 Å². The number of imidazole rings is 1. The monoisotopic (exact) mass is 408 g/mol. The number of nitrogens with two attached hydrogens (primary N) is 1. The molecule has 0 aliphatic carbocycles. The van der Waals surface area contributed by atoms with Gasteiger partial charge in [0.1, 0.15) is 11.3 Å². The Hall–Kier alpha value is -2.55. The highest BCUT2D eigenvalue weighted by molar-refractivity contribution is 5.86. The number of anilines is 1. The summed E-state index contributed by atoms with van der Waals surface area (Å²) in [6, 6.07) is 6.21. The number of unbranched alkanes of at least 4 members (excludes halogenated alkanes) is 1. The van der Waals surface area contributed by atoms with Crippen molar-refractivity contribution in [1.82, 2.24) is 29.7 Å². The summed E-state index contributed by atoms with van der Waals surface area (Å²) >= 11 is 0. The van der Waals surface area contributed by atoms with Crippen molar-refractivity contribution in [2.75, 3.05) is 51.2 Å². The Balaban J connectivity index is 1.52. The van der Waals surface area contributed by atoms with Gasteiger partial charge in [0.25, 0.3) is 0 Å². The molecule has 4 heterocycles. The number of nitrogens with zero attached hydrogens (tertiary/aromatic N) is 6. The molecule has 3 N–H and O–H groups in total. The summed E-state index contributed by atoms with van der Waals surface area (Å²) in [7, 11) is 2.18. The molecule has 160 valence electrons. The Kier molecular flexibility index (Phi) is 6.88. The van der Waals surface area contributed by atoms with E-state index < -0.39 is 0 Å². The van der Waals surface area contributed by atoms with Crippen molar-refractivity contribution in [3.05, 3.63) is 48.2 Å². The zero-order chi connectivity index (χ0) is 20.8. The van der Waals surface area contributed by atoms with E-state index in [4.69, 9.17) is 10.7 Å². The van der Waals surface area contributed by atoms with E-state index in [1.165, 1.54) is 11.3 Å². The van der Waals surface area contributed by atoms with E-state index in [1.54, 1.807) is 0 Å². The molecule has 1 fully saturated rings. The van der Waals surface area contributed by atoms with Crippen LogP contribution < -0.4 is 10.6 Å². The Morgan fingerprint density at radius 1 is 1.10 bits per heavy atom. The van der Waals surface area contributed by atoms with Crippen LogP contribution in [0.5, 0.6) is 0 Å². The smallest absolute Gasteiger partial charge is 0.179 e. The molecule has 30 heavy (non-hydrogen) atoms. The van der Waals surface area contributed by atoms with E-state index >= 15 is 0 Å². The SMILES string of the molecule is CN1CCN(c2ccnc3nc(CN(CCCCN)Cc4cccnc4)[nH]c23)CC1. The van der Waals surface area contributed by atoms with Gasteiger partial charge in [-0.3, -0.25) is 9.88 Å². The second-order valence-corrected chi connectivity index (χ2v) is 8.07. The molecule has 8 heteroatoms. The number of hydrogen-bond donors (Lipinski definition) is 2. The molecule has 1 saturated heterocycles. The average molecular weight is 409 g/mol. The van der Waals surface area contributed by atoms with Gasteiger partial charge in [-0.2, -0.15) is 0 Å². The zero-order valence-corrected chi connectivity index (χ0v) is 17.8. The van der Waals surface area contributed by atoms with Crippen molar-refractivity contribution in [3.63, 3.8) is 0 Å². The third kappa shape index (κ3) is 5.13. The quantitative estimate of drug-likeness (QED) is 0.522. The summed E-state index contributed by atoms with van der Waals surface area (Å²) in [6.45, 7) is 7.49. The second kappa shape index (κ2) is 9.97. The lowest BCUT2D eigenvalue weighted by molar-refractivity contribution is 0.246. The van der Waals surface area contributed by atoms with Gasteiger partial charge < -0.3 is 20.5 Å². The molecule has 4 rings (SSSR count). The molecule has 8 nitrogen and oxygen atoms in total. The van der Waals surface area contributed by atoms with Gasteiger partial charge in [-0.25, -0.2) is 9.97 Å². The van der Waals surface area contributed by atoms with Crippen molar-refractivity contribution >= 4 is 16.9 Å². The standard InChI is InChI=1S/C22H32N8/c1-28-11-13-30(14-12-28)19-6-9-25-22-21(19)26-20(27-22)17-29(10-3-2-7-23)16-18-5-4-8-24-15-18/h4-6,8-9,15H,2-3,7,10-14,16-17,23H2,1H3,(H,25,26,27). The first-order valence-electron chi connectivity index (χ1n) is 10.8. The summed E-state index contributed by atoms with van der Waals surface area (Å²) in [4.78, 5) is 24.3. The van der Waals surface area contributed by atoms with Crippen molar-refractivity contribution in [3.8, 4) is 0 Å². The number of likely N-dealkylation sites (N-methyl/N-ethyl adjacent to an activating group) is 1. The van der Waals surface area contributed by atoms with Gasteiger partial charge in [0, 0.05) is 51.3 Å². The van der Waals surface area contributed by atoms with E-state index in [-0.39, 0.29) is 0 Å². The number of fused-ring (bicyclic) bond motifs is 1. The summed E-state index contributed by atoms with van der Waals surface area (Å²) < 4.78 is 0. The third-order valence-electron chi connectivity index (χ3n) is 5.69. The van der Waals surface area contributed by atoms with Crippen LogP contribution in [0.25, 0.3) is 11.2 Å². The molecule has 0 saturated carbocycles. The molecule has 0 amide bonds.